The van der Waals surface area contributed by atoms with Crippen molar-refractivity contribution in [3.8, 4) is 5.75 Å². The molecular formula is C22H15ClO3. The zero-order valence-electron chi connectivity index (χ0n) is 13.8. The third-order valence-corrected chi connectivity index (χ3v) is 3.93. The van der Waals surface area contributed by atoms with E-state index in [1.807, 2.05) is 12.1 Å². The van der Waals surface area contributed by atoms with Crippen LogP contribution in [0.3, 0.4) is 0 Å². The molecule has 0 saturated heterocycles. The minimum Gasteiger partial charge on any atom is -0.422 e. The molecule has 3 aromatic rings. The lowest BCUT2D eigenvalue weighted by atomic mass is 10.1. The maximum Gasteiger partial charge on any atom is 0.343 e. The molecule has 3 rings (SSSR count). The minimum absolute atomic E-state index is 0.161. The number of ketones is 1. The third-order valence-electron chi connectivity index (χ3n) is 3.67. The Morgan fingerprint density at radius 2 is 1.42 bits per heavy atom. The van der Waals surface area contributed by atoms with Crippen LogP contribution in [-0.4, -0.2) is 11.8 Å². The van der Waals surface area contributed by atoms with E-state index in [1.54, 1.807) is 72.8 Å². The van der Waals surface area contributed by atoms with Crippen LogP contribution in [0.4, 0.5) is 0 Å². The molecule has 26 heavy (non-hydrogen) atoms. The highest BCUT2D eigenvalue weighted by atomic mass is 35.5. The summed E-state index contributed by atoms with van der Waals surface area (Å²) in [6, 6.07) is 22.4. The number of carbonyl (C=O) groups excluding carboxylic acids is 2. The van der Waals surface area contributed by atoms with Crippen LogP contribution in [0.5, 0.6) is 5.75 Å². The topological polar surface area (TPSA) is 43.4 Å². The Bertz CT molecular complexity index is 945. The summed E-state index contributed by atoms with van der Waals surface area (Å²) in [5.41, 5.74) is 1.63. The second kappa shape index (κ2) is 8.28. The molecule has 0 spiro atoms. The van der Waals surface area contributed by atoms with E-state index in [9.17, 15) is 9.59 Å². The summed E-state index contributed by atoms with van der Waals surface area (Å²) in [4.78, 5) is 24.5. The number of allylic oxidation sites excluding steroid dienone is 1. The van der Waals surface area contributed by atoms with Gasteiger partial charge in [-0.1, -0.05) is 48.0 Å². The summed E-state index contributed by atoms with van der Waals surface area (Å²) < 4.78 is 5.47. The van der Waals surface area contributed by atoms with Crippen LogP contribution < -0.4 is 4.74 Å². The van der Waals surface area contributed by atoms with Crippen molar-refractivity contribution < 1.29 is 14.3 Å². The smallest absolute Gasteiger partial charge is 0.343 e. The van der Waals surface area contributed by atoms with Gasteiger partial charge in [-0.15, -0.1) is 0 Å². The van der Waals surface area contributed by atoms with E-state index < -0.39 is 5.97 Å². The average molecular weight is 363 g/mol. The first-order valence-corrected chi connectivity index (χ1v) is 8.35. The van der Waals surface area contributed by atoms with Crippen molar-refractivity contribution in [1.82, 2.24) is 0 Å². The molecule has 3 nitrogen and oxygen atoms in total. The molecule has 0 aliphatic carbocycles. The number of halogens is 1. The van der Waals surface area contributed by atoms with Gasteiger partial charge in [0, 0.05) is 16.1 Å². The van der Waals surface area contributed by atoms with Crippen LogP contribution in [0, 0.1) is 0 Å². The standard InChI is InChI=1S/C22H15ClO3/c23-19-13-10-16(11-14-19)20(24)15-12-17-6-4-5-9-21(17)26-22(25)18-7-2-1-3-8-18/h1-15H/b15-12+. The first-order chi connectivity index (χ1) is 12.6. The molecule has 4 heteroatoms. The van der Waals surface area contributed by atoms with Gasteiger partial charge in [0.25, 0.3) is 0 Å². The Morgan fingerprint density at radius 1 is 0.769 bits per heavy atom. The molecule has 0 aliphatic rings. The summed E-state index contributed by atoms with van der Waals surface area (Å²) >= 11 is 5.83. The van der Waals surface area contributed by atoms with Gasteiger partial charge in [0.15, 0.2) is 5.78 Å². The van der Waals surface area contributed by atoms with E-state index in [0.717, 1.165) is 0 Å². The van der Waals surface area contributed by atoms with Crippen molar-refractivity contribution in [2.75, 3.05) is 0 Å². The van der Waals surface area contributed by atoms with E-state index in [2.05, 4.69) is 0 Å². The molecule has 0 aromatic heterocycles. The van der Waals surface area contributed by atoms with Crippen LogP contribution in [0.1, 0.15) is 26.3 Å². The quantitative estimate of drug-likeness (QED) is 0.262. The third kappa shape index (κ3) is 4.47. The molecule has 0 bridgehead atoms. The summed E-state index contributed by atoms with van der Waals surface area (Å²) in [7, 11) is 0. The van der Waals surface area contributed by atoms with Crippen molar-refractivity contribution in [2.24, 2.45) is 0 Å². The molecule has 0 radical (unpaired) electrons. The fraction of sp³-hybridized carbons (Fsp3) is 0. The highest BCUT2D eigenvalue weighted by molar-refractivity contribution is 6.30. The fourth-order valence-electron chi connectivity index (χ4n) is 2.32. The van der Waals surface area contributed by atoms with Gasteiger partial charge < -0.3 is 4.74 Å². The van der Waals surface area contributed by atoms with Crippen molar-refractivity contribution in [3.05, 3.63) is 107 Å². The molecule has 0 N–H and O–H groups in total. The Kier molecular flexibility index (Phi) is 5.62. The van der Waals surface area contributed by atoms with Gasteiger partial charge in [0.2, 0.25) is 0 Å². The molecule has 0 aliphatic heterocycles. The first-order valence-electron chi connectivity index (χ1n) is 7.98. The lowest BCUT2D eigenvalue weighted by molar-refractivity contribution is 0.0734. The van der Waals surface area contributed by atoms with Crippen molar-refractivity contribution in [3.63, 3.8) is 0 Å². The number of esters is 1. The maximum atomic E-state index is 12.2. The van der Waals surface area contributed by atoms with Gasteiger partial charge in [0.1, 0.15) is 5.75 Å². The highest BCUT2D eigenvalue weighted by Gasteiger charge is 2.10. The SMILES string of the molecule is O=C(/C=C/c1ccccc1OC(=O)c1ccccc1)c1ccc(Cl)cc1. The first kappa shape index (κ1) is 17.6. The molecule has 0 atom stereocenters. The predicted octanol–water partition coefficient (Wildman–Crippen LogP) is 5.46. The van der Waals surface area contributed by atoms with E-state index in [-0.39, 0.29) is 5.78 Å². The van der Waals surface area contributed by atoms with Gasteiger partial charge in [-0.3, -0.25) is 4.79 Å². The predicted molar refractivity (Wildman–Crippen MR) is 103 cm³/mol. The Balaban J connectivity index is 1.77. The van der Waals surface area contributed by atoms with Gasteiger partial charge in [-0.05, 0) is 54.6 Å². The minimum atomic E-state index is -0.449. The fourth-order valence-corrected chi connectivity index (χ4v) is 2.45. The van der Waals surface area contributed by atoms with Crippen LogP contribution in [0.2, 0.25) is 5.02 Å². The second-order valence-electron chi connectivity index (χ2n) is 5.50. The lowest BCUT2D eigenvalue weighted by Crippen LogP contribution is -2.08. The van der Waals surface area contributed by atoms with Crippen LogP contribution in [0.25, 0.3) is 6.08 Å². The largest absolute Gasteiger partial charge is 0.422 e. The second-order valence-corrected chi connectivity index (χ2v) is 5.93. The zero-order valence-corrected chi connectivity index (χ0v) is 14.5. The molecule has 0 amide bonds. The summed E-state index contributed by atoms with van der Waals surface area (Å²) in [6.07, 6.45) is 3.07. The number of hydrogen-bond donors (Lipinski definition) is 0. The van der Waals surface area contributed by atoms with Gasteiger partial charge in [0.05, 0.1) is 5.56 Å². The van der Waals surface area contributed by atoms with E-state index >= 15 is 0 Å². The number of benzene rings is 3. The lowest BCUT2D eigenvalue weighted by Gasteiger charge is -2.07. The monoisotopic (exact) mass is 362 g/mol. The van der Waals surface area contributed by atoms with Gasteiger partial charge >= 0.3 is 5.97 Å². The molecule has 0 unspecified atom stereocenters. The number of hydrogen-bond acceptors (Lipinski definition) is 3. The van der Waals surface area contributed by atoms with E-state index in [0.29, 0.717) is 27.5 Å². The molecule has 3 aromatic carbocycles. The van der Waals surface area contributed by atoms with Crippen LogP contribution in [-0.2, 0) is 0 Å². The van der Waals surface area contributed by atoms with Crippen LogP contribution in [0.15, 0.2) is 84.9 Å². The number of carbonyl (C=O) groups is 2. The molecule has 128 valence electrons. The summed E-state index contributed by atoms with van der Waals surface area (Å²) in [5.74, 6) is -0.220. The molecular weight excluding hydrogens is 348 g/mol. The normalized spacial score (nSPS) is 10.7. The zero-order chi connectivity index (χ0) is 18.4. The van der Waals surface area contributed by atoms with Gasteiger partial charge in [-0.2, -0.15) is 0 Å². The Morgan fingerprint density at radius 3 is 2.15 bits per heavy atom. The molecule has 0 fully saturated rings. The Hall–Kier alpha value is -3.17. The number of ether oxygens (including phenoxy) is 1. The van der Waals surface area contributed by atoms with E-state index in [1.165, 1.54) is 6.08 Å². The van der Waals surface area contributed by atoms with Crippen molar-refractivity contribution in [2.45, 2.75) is 0 Å². The number of para-hydroxylation sites is 1. The van der Waals surface area contributed by atoms with Crippen LogP contribution >= 0.6 is 11.6 Å². The van der Waals surface area contributed by atoms with Crippen molar-refractivity contribution in [1.29, 1.82) is 0 Å². The summed E-state index contributed by atoms with van der Waals surface area (Å²) in [5, 5.41) is 0.573. The molecule has 0 saturated carbocycles. The van der Waals surface area contributed by atoms with Crippen molar-refractivity contribution >= 4 is 29.4 Å². The average Bonchev–Trinajstić information content (AvgIpc) is 2.68. The maximum absolute atomic E-state index is 12.2. The van der Waals surface area contributed by atoms with E-state index in [4.69, 9.17) is 16.3 Å². The highest BCUT2D eigenvalue weighted by Crippen LogP contribution is 2.21. The van der Waals surface area contributed by atoms with Gasteiger partial charge in [-0.25, -0.2) is 4.79 Å². The number of rotatable bonds is 5. The molecule has 0 heterocycles. The summed E-state index contributed by atoms with van der Waals surface area (Å²) in [6.45, 7) is 0. The Labute approximate surface area is 156 Å².